The third-order valence-corrected chi connectivity index (χ3v) is 10.1. The van der Waals surface area contributed by atoms with Gasteiger partial charge in [-0.15, -0.1) is 13.2 Å². The molecule has 5 atom stereocenters. The van der Waals surface area contributed by atoms with Crippen molar-refractivity contribution in [2.75, 3.05) is 77.1 Å². The first kappa shape index (κ1) is 35.1. The molecule has 4 aliphatic heterocycles. The normalized spacial score (nSPS) is 26.7. The second-order valence-corrected chi connectivity index (χ2v) is 12.9. The van der Waals surface area contributed by atoms with E-state index >= 15 is 0 Å². The van der Waals surface area contributed by atoms with E-state index in [1.165, 1.54) is 0 Å². The van der Waals surface area contributed by atoms with Gasteiger partial charge in [0.05, 0.1) is 37.8 Å². The quantitative estimate of drug-likeness (QED) is 0.191. The fourth-order valence-corrected chi connectivity index (χ4v) is 7.93. The smallest absolute Gasteiger partial charge is 0.248 e. The maximum atomic E-state index is 14.7. The highest BCUT2D eigenvalue weighted by molar-refractivity contribution is 6.03. The van der Waals surface area contributed by atoms with Crippen LogP contribution in [0.4, 0.5) is 5.69 Å². The number of aliphatic hydroxyl groups is 1. The minimum atomic E-state index is -1.07. The number of rotatable bonds is 18. The summed E-state index contributed by atoms with van der Waals surface area (Å²) in [7, 11) is 0. The van der Waals surface area contributed by atoms with E-state index in [2.05, 4.69) is 18.1 Å². The van der Waals surface area contributed by atoms with Gasteiger partial charge in [-0.05, 0) is 56.9 Å². The van der Waals surface area contributed by atoms with Crippen LogP contribution in [-0.2, 0) is 23.9 Å². The average Bonchev–Trinajstić information content (AvgIpc) is 3.73. The largest absolute Gasteiger partial charge is 0.494 e. The van der Waals surface area contributed by atoms with Crippen molar-refractivity contribution in [1.82, 2.24) is 14.7 Å². The van der Waals surface area contributed by atoms with Crippen molar-refractivity contribution in [1.29, 1.82) is 0 Å². The van der Waals surface area contributed by atoms with Gasteiger partial charge in [0.15, 0.2) is 0 Å². The van der Waals surface area contributed by atoms with E-state index < -0.39 is 29.6 Å². The minimum Gasteiger partial charge on any atom is -0.494 e. The third-order valence-electron chi connectivity index (χ3n) is 10.1. The molecule has 258 valence electrons. The van der Waals surface area contributed by atoms with Crippen LogP contribution in [0, 0.1) is 11.8 Å². The Kier molecular flexibility index (Phi) is 12.1. The number of carbonyl (C=O) groups excluding carboxylic acids is 3. The SMILES string of the molecule is C=CCN(CCN1CCOCC1)C(=O)C1N(CCCCCCO)C(=O)[C@@H]2[C@@H](C(=O)N(CC=C)c3ccc(OCC)cc3)[C@H]3CCC12O3. The van der Waals surface area contributed by atoms with Crippen LogP contribution in [0.3, 0.4) is 0 Å². The molecule has 2 unspecified atom stereocenters. The molecule has 4 saturated heterocycles. The summed E-state index contributed by atoms with van der Waals surface area (Å²) in [6.45, 7) is 15.6. The zero-order valence-corrected chi connectivity index (χ0v) is 27.9. The fraction of sp³-hybridized carbons (Fsp3) is 0.639. The van der Waals surface area contributed by atoms with Crippen molar-refractivity contribution in [3.8, 4) is 5.75 Å². The number of hydrogen-bond acceptors (Lipinski definition) is 8. The highest BCUT2D eigenvalue weighted by Crippen LogP contribution is 2.59. The maximum Gasteiger partial charge on any atom is 0.248 e. The van der Waals surface area contributed by atoms with Crippen molar-refractivity contribution in [3.63, 3.8) is 0 Å². The predicted octanol–water partition coefficient (Wildman–Crippen LogP) is 2.88. The summed E-state index contributed by atoms with van der Waals surface area (Å²) in [4.78, 5) is 51.1. The number of likely N-dealkylation sites (tertiary alicyclic amines) is 1. The molecule has 4 aliphatic rings. The molecule has 0 saturated carbocycles. The number of hydrogen-bond donors (Lipinski definition) is 1. The Balaban J connectivity index is 1.43. The van der Waals surface area contributed by atoms with Crippen LogP contribution < -0.4 is 9.64 Å². The van der Waals surface area contributed by atoms with Crippen LogP contribution in [-0.4, -0.2) is 128 Å². The van der Waals surface area contributed by atoms with E-state index in [4.69, 9.17) is 14.2 Å². The van der Waals surface area contributed by atoms with Crippen LogP contribution in [0.15, 0.2) is 49.6 Å². The van der Waals surface area contributed by atoms with Gasteiger partial charge in [0.2, 0.25) is 17.7 Å². The molecule has 11 heteroatoms. The highest BCUT2D eigenvalue weighted by Gasteiger charge is 2.74. The molecule has 1 aromatic carbocycles. The zero-order chi connectivity index (χ0) is 33.4. The Hall–Kier alpha value is -3.25. The van der Waals surface area contributed by atoms with Gasteiger partial charge >= 0.3 is 0 Å². The number of nitrogens with zero attached hydrogens (tertiary/aromatic N) is 4. The molecule has 0 aromatic heterocycles. The average molecular weight is 653 g/mol. The molecule has 47 heavy (non-hydrogen) atoms. The molecule has 0 aliphatic carbocycles. The van der Waals surface area contributed by atoms with Crippen LogP contribution in [0.5, 0.6) is 5.75 Å². The van der Waals surface area contributed by atoms with Crippen LogP contribution >= 0.6 is 0 Å². The highest BCUT2D eigenvalue weighted by atomic mass is 16.5. The molecule has 1 spiro atoms. The van der Waals surface area contributed by atoms with E-state index in [-0.39, 0.29) is 30.9 Å². The van der Waals surface area contributed by atoms with Crippen LogP contribution in [0.1, 0.15) is 45.4 Å². The number of amides is 3. The summed E-state index contributed by atoms with van der Waals surface area (Å²) in [5.41, 5.74) is -0.379. The number of aliphatic hydroxyl groups excluding tert-OH is 1. The number of unbranched alkanes of at least 4 members (excludes halogenated alkanes) is 3. The summed E-state index contributed by atoms with van der Waals surface area (Å²) in [5.74, 6) is -1.26. The molecule has 5 rings (SSSR count). The lowest BCUT2D eigenvalue weighted by molar-refractivity contribution is -0.148. The summed E-state index contributed by atoms with van der Waals surface area (Å²) >= 11 is 0. The molecular formula is C36H52N4O7. The van der Waals surface area contributed by atoms with Gasteiger partial charge in [-0.2, -0.15) is 0 Å². The van der Waals surface area contributed by atoms with E-state index in [0.717, 1.165) is 25.9 Å². The first-order chi connectivity index (χ1) is 22.9. The Morgan fingerprint density at radius 2 is 1.77 bits per heavy atom. The minimum absolute atomic E-state index is 0.128. The number of fused-ring (bicyclic) bond motifs is 1. The van der Waals surface area contributed by atoms with Gasteiger partial charge in [-0.25, -0.2) is 0 Å². The first-order valence-corrected chi connectivity index (χ1v) is 17.3. The third kappa shape index (κ3) is 7.28. The Morgan fingerprint density at radius 3 is 2.45 bits per heavy atom. The lowest BCUT2D eigenvalue weighted by Gasteiger charge is -2.37. The van der Waals surface area contributed by atoms with E-state index in [1.54, 1.807) is 26.9 Å². The predicted molar refractivity (Wildman–Crippen MR) is 179 cm³/mol. The van der Waals surface area contributed by atoms with Crippen molar-refractivity contribution in [2.45, 2.75) is 63.2 Å². The summed E-state index contributed by atoms with van der Waals surface area (Å²) in [5, 5.41) is 9.26. The molecule has 3 amide bonds. The first-order valence-electron chi connectivity index (χ1n) is 17.3. The van der Waals surface area contributed by atoms with Gasteiger partial charge in [0, 0.05) is 58.1 Å². The van der Waals surface area contributed by atoms with Crippen molar-refractivity contribution >= 4 is 23.4 Å². The molecule has 4 heterocycles. The van der Waals surface area contributed by atoms with Crippen molar-refractivity contribution < 1.29 is 33.7 Å². The van der Waals surface area contributed by atoms with Gasteiger partial charge in [0.1, 0.15) is 17.4 Å². The van der Waals surface area contributed by atoms with Crippen molar-refractivity contribution in [2.24, 2.45) is 11.8 Å². The Labute approximate surface area is 279 Å². The topological polar surface area (TPSA) is 112 Å². The maximum absolute atomic E-state index is 14.7. The lowest BCUT2D eigenvalue weighted by atomic mass is 9.70. The van der Waals surface area contributed by atoms with Gasteiger partial charge in [-0.3, -0.25) is 19.3 Å². The monoisotopic (exact) mass is 652 g/mol. The van der Waals surface area contributed by atoms with E-state index in [0.29, 0.717) is 83.1 Å². The number of carbonyl (C=O) groups is 3. The van der Waals surface area contributed by atoms with Crippen LogP contribution in [0.25, 0.3) is 0 Å². The lowest BCUT2D eigenvalue weighted by Crippen LogP contribution is -2.57. The molecule has 2 bridgehead atoms. The Bertz CT molecular complexity index is 1250. The molecule has 11 nitrogen and oxygen atoms in total. The summed E-state index contributed by atoms with van der Waals surface area (Å²) in [6, 6.07) is 6.54. The summed E-state index contributed by atoms with van der Waals surface area (Å²) < 4.78 is 17.8. The molecular weight excluding hydrogens is 600 g/mol. The number of ether oxygens (including phenoxy) is 3. The van der Waals surface area contributed by atoms with E-state index in [9.17, 15) is 19.5 Å². The molecule has 4 fully saturated rings. The van der Waals surface area contributed by atoms with Gasteiger partial charge < -0.3 is 34.0 Å². The molecule has 0 radical (unpaired) electrons. The second-order valence-electron chi connectivity index (χ2n) is 12.9. The van der Waals surface area contributed by atoms with Crippen LogP contribution in [0.2, 0.25) is 0 Å². The molecule has 1 N–H and O–H groups in total. The summed E-state index contributed by atoms with van der Waals surface area (Å²) in [6.07, 6.45) is 7.18. The van der Waals surface area contributed by atoms with Crippen molar-refractivity contribution in [3.05, 3.63) is 49.6 Å². The fourth-order valence-electron chi connectivity index (χ4n) is 7.93. The number of anilines is 1. The zero-order valence-electron chi connectivity index (χ0n) is 27.9. The number of benzene rings is 1. The number of morpholine rings is 1. The van der Waals surface area contributed by atoms with Gasteiger partial charge in [-0.1, -0.05) is 25.0 Å². The Morgan fingerprint density at radius 1 is 1.04 bits per heavy atom. The standard InChI is InChI=1S/C36H52N4O7/c1-4-17-38(21-20-37-22-25-45-26-23-37)35(44)32-36-16-15-29(47-36)30(31(36)34(43)40(32)19-9-7-8-10-24-41)33(42)39(18-5-2)27-11-13-28(14-12-27)46-6-3/h4-5,11-14,29-32,41H,1-2,6-10,15-26H2,3H3/t29-,30+,31+,32?,36?/m1/s1. The molecule has 1 aromatic rings. The van der Waals surface area contributed by atoms with E-state index in [1.807, 2.05) is 31.2 Å². The second kappa shape index (κ2) is 16.2. The van der Waals surface area contributed by atoms with Gasteiger partial charge in [0.25, 0.3) is 0 Å².